The molecule has 0 saturated heterocycles. The van der Waals surface area contributed by atoms with Crippen LogP contribution in [-0.2, 0) is 9.53 Å². The quantitative estimate of drug-likeness (QED) is 0.379. The minimum atomic E-state index is -0.224. The summed E-state index contributed by atoms with van der Waals surface area (Å²) in [6.45, 7) is 1.99. The first-order chi connectivity index (χ1) is 6.33. The molecule has 0 aromatic heterocycles. The number of allylic oxidation sites excluding steroid dienone is 2. The van der Waals surface area contributed by atoms with Crippen LogP contribution in [0.4, 0.5) is 0 Å². The predicted molar refractivity (Wildman–Crippen MR) is 52.3 cm³/mol. The van der Waals surface area contributed by atoms with Crippen LogP contribution in [0, 0.1) is 0 Å². The van der Waals surface area contributed by atoms with Gasteiger partial charge >= 0.3 is 5.97 Å². The Balaban J connectivity index is 2.30. The minimum absolute atomic E-state index is 0.00255. The summed E-state index contributed by atoms with van der Waals surface area (Å²) < 4.78 is 5.18. The van der Waals surface area contributed by atoms with Gasteiger partial charge in [0.25, 0.3) is 0 Å². The lowest BCUT2D eigenvalue weighted by molar-refractivity contribution is -0.141. The molecule has 1 rings (SSSR count). The summed E-state index contributed by atoms with van der Waals surface area (Å²) in [7, 11) is 0. The average molecular weight is 180 g/mol. The van der Waals surface area contributed by atoms with Crippen LogP contribution in [0.15, 0.2) is 24.3 Å². The molecule has 13 heavy (non-hydrogen) atoms. The molecular weight excluding hydrogens is 164 g/mol. The second-order valence-corrected chi connectivity index (χ2v) is 3.15. The van der Waals surface area contributed by atoms with Gasteiger partial charge in [-0.1, -0.05) is 19.1 Å². The summed E-state index contributed by atoms with van der Waals surface area (Å²) in [6, 6.07) is 0. The summed E-state index contributed by atoms with van der Waals surface area (Å²) in [4.78, 5) is 11.1. The number of hydrogen-bond donors (Lipinski definition) is 0. The van der Waals surface area contributed by atoms with Crippen LogP contribution in [0.3, 0.4) is 0 Å². The van der Waals surface area contributed by atoms with Gasteiger partial charge in [-0.2, -0.15) is 0 Å². The lowest BCUT2D eigenvalue weighted by atomic mass is 10.1. The first-order valence-electron chi connectivity index (χ1n) is 4.86. The van der Waals surface area contributed by atoms with E-state index < -0.39 is 0 Å². The van der Waals surface area contributed by atoms with Crippen molar-refractivity contribution >= 4 is 5.97 Å². The van der Waals surface area contributed by atoms with Crippen LogP contribution < -0.4 is 0 Å². The van der Waals surface area contributed by atoms with Crippen molar-refractivity contribution in [1.82, 2.24) is 0 Å². The highest BCUT2D eigenvalue weighted by Crippen LogP contribution is 2.13. The zero-order valence-corrected chi connectivity index (χ0v) is 8.03. The first kappa shape index (κ1) is 10.0. The van der Waals surface area contributed by atoms with Gasteiger partial charge in [0.05, 0.1) is 0 Å². The fourth-order valence-electron chi connectivity index (χ4n) is 1.28. The number of carbonyl (C=O) groups is 1. The van der Waals surface area contributed by atoms with Gasteiger partial charge < -0.3 is 4.74 Å². The van der Waals surface area contributed by atoms with Crippen LogP contribution in [0.1, 0.15) is 32.6 Å². The Morgan fingerprint density at radius 2 is 2.54 bits per heavy atom. The highest BCUT2D eigenvalue weighted by Gasteiger charge is 2.11. The van der Waals surface area contributed by atoms with Crippen LogP contribution in [-0.4, -0.2) is 12.1 Å². The summed E-state index contributed by atoms with van der Waals surface area (Å²) in [5, 5.41) is 0. The van der Waals surface area contributed by atoms with Gasteiger partial charge in [-0.15, -0.1) is 0 Å². The molecule has 0 amide bonds. The van der Waals surface area contributed by atoms with Gasteiger partial charge in [-0.25, -0.2) is 4.79 Å². The molecule has 0 saturated carbocycles. The van der Waals surface area contributed by atoms with Crippen molar-refractivity contribution in [2.45, 2.75) is 38.7 Å². The SMILES string of the molecule is CCC=CC(=O)OC1C=CCCC1. The van der Waals surface area contributed by atoms with Crippen molar-refractivity contribution in [3.63, 3.8) is 0 Å². The molecule has 1 atom stereocenters. The normalized spacial score (nSPS) is 22.1. The van der Waals surface area contributed by atoms with Crippen LogP contribution in [0.5, 0.6) is 0 Å². The Hall–Kier alpha value is -1.05. The topological polar surface area (TPSA) is 26.3 Å². The molecule has 2 nitrogen and oxygen atoms in total. The van der Waals surface area contributed by atoms with E-state index >= 15 is 0 Å². The van der Waals surface area contributed by atoms with E-state index in [1.807, 2.05) is 19.1 Å². The largest absolute Gasteiger partial charge is 0.455 e. The van der Waals surface area contributed by atoms with Crippen LogP contribution in [0.25, 0.3) is 0 Å². The molecule has 1 unspecified atom stereocenters. The molecule has 0 aromatic rings. The molecule has 0 fully saturated rings. The molecule has 0 heterocycles. The maximum Gasteiger partial charge on any atom is 0.331 e. The molecule has 1 aliphatic rings. The van der Waals surface area contributed by atoms with E-state index in [-0.39, 0.29) is 12.1 Å². The Morgan fingerprint density at radius 3 is 3.15 bits per heavy atom. The summed E-state index contributed by atoms with van der Waals surface area (Å²) >= 11 is 0. The summed E-state index contributed by atoms with van der Waals surface area (Å²) in [5.41, 5.74) is 0. The second-order valence-electron chi connectivity index (χ2n) is 3.15. The van der Waals surface area contributed by atoms with Gasteiger partial charge in [-0.05, 0) is 31.8 Å². The fourth-order valence-corrected chi connectivity index (χ4v) is 1.28. The predicted octanol–water partition coefficient (Wildman–Crippen LogP) is 2.60. The van der Waals surface area contributed by atoms with E-state index in [0.717, 1.165) is 25.7 Å². The lowest BCUT2D eigenvalue weighted by Crippen LogP contribution is -2.16. The van der Waals surface area contributed by atoms with Crippen LogP contribution >= 0.6 is 0 Å². The Kier molecular flexibility index (Phi) is 4.30. The number of hydrogen-bond acceptors (Lipinski definition) is 2. The number of carbonyl (C=O) groups excluding carboxylic acids is 1. The van der Waals surface area contributed by atoms with Gasteiger partial charge in [-0.3, -0.25) is 0 Å². The second kappa shape index (κ2) is 5.57. The van der Waals surface area contributed by atoms with Crippen LogP contribution in [0.2, 0.25) is 0 Å². The number of esters is 1. The zero-order valence-electron chi connectivity index (χ0n) is 8.03. The highest BCUT2D eigenvalue weighted by molar-refractivity contribution is 5.82. The summed E-state index contributed by atoms with van der Waals surface area (Å²) in [6.07, 6.45) is 11.4. The van der Waals surface area contributed by atoms with Crippen molar-refractivity contribution in [2.24, 2.45) is 0 Å². The third-order valence-corrected chi connectivity index (χ3v) is 1.97. The Labute approximate surface area is 79.3 Å². The van der Waals surface area contributed by atoms with Crippen molar-refractivity contribution < 1.29 is 9.53 Å². The molecular formula is C11H16O2. The Bertz CT molecular complexity index is 216. The van der Waals surface area contributed by atoms with E-state index in [2.05, 4.69) is 6.08 Å². The smallest absolute Gasteiger partial charge is 0.331 e. The van der Waals surface area contributed by atoms with E-state index in [1.54, 1.807) is 0 Å². The standard InChI is InChI=1S/C11H16O2/c1-2-3-9-11(12)13-10-7-5-4-6-8-10/h3,5,7,9-10H,2,4,6,8H2,1H3. The molecule has 2 heteroatoms. The van der Waals surface area contributed by atoms with Crippen molar-refractivity contribution in [3.05, 3.63) is 24.3 Å². The van der Waals surface area contributed by atoms with Crippen molar-refractivity contribution in [2.75, 3.05) is 0 Å². The number of rotatable bonds is 3. The lowest BCUT2D eigenvalue weighted by Gasteiger charge is -2.15. The van der Waals surface area contributed by atoms with Gasteiger partial charge in [0.1, 0.15) is 6.10 Å². The zero-order chi connectivity index (χ0) is 9.52. The third-order valence-electron chi connectivity index (χ3n) is 1.97. The third kappa shape index (κ3) is 3.92. The number of ether oxygens (including phenoxy) is 1. The molecule has 72 valence electrons. The fraction of sp³-hybridized carbons (Fsp3) is 0.545. The average Bonchev–Trinajstić information content (AvgIpc) is 2.16. The van der Waals surface area contributed by atoms with Crippen molar-refractivity contribution in [1.29, 1.82) is 0 Å². The molecule has 0 aliphatic heterocycles. The van der Waals surface area contributed by atoms with Gasteiger partial charge in [0.15, 0.2) is 0 Å². The van der Waals surface area contributed by atoms with Gasteiger partial charge in [0, 0.05) is 6.08 Å². The van der Waals surface area contributed by atoms with E-state index in [1.165, 1.54) is 6.08 Å². The molecule has 0 radical (unpaired) electrons. The Morgan fingerprint density at radius 1 is 1.69 bits per heavy atom. The van der Waals surface area contributed by atoms with Gasteiger partial charge in [0.2, 0.25) is 0 Å². The molecule has 0 aromatic carbocycles. The molecule has 0 spiro atoms. The molecule has 0 N–H and O–H groups in total. The first-order valence-corrected chi connectivity index (χ1v) is 4.86. The maximum absolute atomic E-state index is 11.1. The van der Waals surface area contributed by atoms with Crippen molar-refractivity contribution in [3.8, 4) is 0 Å². The maximum atomic E-state index is 11.1. The van der Waals surface area contributed by atoms with E-state index in [0.29, 0.717) is 0 Å². The van der Waals surface area contributed by atoms with E-state index in [4.69, 9.17) is 4.74 Å². The molecule has 0 bridgehead atoms. The monoisotopic (exact) mass is 180 g/mol. The molecule has 1 aliphatic carbocycles. The summed E-state index contributed by atoms with van der Waals surface area (Å²) in [5.74, 6) is -0.224. The van der Waals surface area contributed by atoms with E-state index in [9.17, 15) is 4.79 Å². The minimum Gasteiger partial charge on any atom is -0.455 e. The highest BCUT2D eigenvalue weighted by atomic mass is 16.5.